The zero-order valence-corrected chi connectivity index (χ0v) is 26.7. The zero-order chi connectivity index (χ0) is 32.5. The van der Waals surface area contributed by atoms with Gasteiger partial charge in [0.25, 0.3) is 0 Å². The summed E-state index contributed by atoms with van der Waals surface area (Å²) in [4.78, 5) is 41.2. The van der Waals surface area contributed by atoms with Crippen LogP contribution >= 0.6 is 0 Å². The number of benzene rings is 4. The minimum Gasteiger partial charge on any atom is -0.466 e. The van der Waals surface area contributed by atoms with E-state index >= 15 is 0 Å². The lowest BCUT2D eigenvalue weighted by Gasteiger charge is -2.25. The number of aryl methyl sites for hydroxylation is 1. The first kappa shape index (κ1) is 32.2. The molecule has 0 aliphatic rings. The Bertz CT molecular complexity index is 1790. The quantitative estimate of drug-likeness (QED) is 0.101. The molecule has 1 heterocycles. The first-order valence-corrected chi connectivity index (χ1v) is 15.9. The lowest BCUT2D eigenvalue weighted by molar-refractivity contribution is -0.143. The Morgan fingerprint density at radius 1 is 0.848 bits per heavy atom. The van der Waals surface area contributed by atoms with Crippen molar-refractivity contribution in [3.05, 3.63) is 126 Å². The maximum absolute atomic E-state index is 14.1. The molecule has 7 heteroatoms. The summed E-state index contributed by atoms with van der Waals surface area (Å²) in [5.74, 6) is 0.0386. The van der Waals surface area contributed by atoms with Crippen LogP contribution in [0.3, 0.4) is 0 Å². The number of amides is 1. The summed E-state index contributed by atoms with van der Waals surface area (Å²) in [7, 11) is 0. The van der Waals surface area contributed by atoms with Gasteiger partial charge in [-0.3, -0.25) is 14.4 Å². The van der Waals surface area contributed by atoms with Gasteiger partial charge in [-0.1, -0.05) is 74.5 Å². The Hall–Kier alpha value is -5.17. The minimum atomic E-state index is -0.219. The van der Waals surface area contributed by atoms with Gasteiger partial charge in [0.1, 0.15) is 6.54 Å². The molecule has 1 aromatic heterocycles. The van der Waals surface area contributed by atoms with Gasteiger partial charge in [0, 0.05) is 58.3 Å². The molecule has 0 saturated heterocycles. The number of nitrogens with zero attached hydrogens (tertiary/aromatic N) is 2. The van der Waals surface area contributed by atoms with Gasteiger partial charge < -0.3 is 19.5 Å². The number of hydrogen-bond donors (Lipinski definition) is 1. The second-order valence-electron chi connectivity index (χ2n) is 11.8. The molecule has 5 aromatic rings. The van der Waals surface area contributed by atoms with E-state index in [0.717, 1.165) is 34.4 Å². The first-order valence-electron chi connectivity index (χ1n) is 15.9. The van der Waals surface area contributed by atoms with E-state index in [9.17, 15) is 14.4 Å². The molecular formula is C39H41N3O4. The number of para-hydroxylation sites is 2. The minimum absolute atomic E-state index is 0.0653. The number of rotatable bonds is 14. The van der Waals surface area contributed by atoms with Gasteiger partial charge in [-0.15, -0.1) is 0 Å². The van der Waals surface area contributed by atoms with E-state index in [1.54, 1.807) is 6.92 Å². The van der Waals surface area contributed by atoms with E-state index in [2.05, 4.69) is 31.3 Å². The molecule has 7 nitrogen and oxygen atoms in total. The third-order valence-corrected chi connectivity index (χ3v) is 7.79. The smallest absolute Gasteiger partial charge is 0.305 e. The molecule has 0 fully saturated rings. The van der Waals surface area contributed by atoms with Gasteiger partial charge in [0.2, 0.25) is 5.91 Å². The number of carbonyl (C=O) groups is 3. The van der Waals surface area contributed by atoms with E-state index in [1.807, 2.05) is 107 Å². The van der Waals surface area contributed by atoms with Crippen molar-refractivity contribution in [3.8, 4) is 0 Å². The number of carbonyl (C=O) groups excluding carboxylic acids is 3. The summed E-state index contributed by atoms with van der Waals surface area (Å²) in [6.45, 7) is 7.20. The van der Waals surface area contributed by atoms with Crippen molar-refractivity contribution in [3.63, 3.8) is 0 Å². The highest BCUT2D eigenvalue weighted by molar-refractivity contribution is 6.16. The number of ether oxygens (including phenoxy) is 1. The predicted molar refractivity (Wildman–Crippen MR) is 185 cm³/mol. The third kappa shape index (κ3) is 8.10. The van der Waals surface area contributed by atoms with Gasteiger partial charge in [-0.05, 0) is 73.7 Å². The summed E-state index contributed by atoms with van der Waals surface area (Å²) < 4.78 is 7.11. The Kier molecular flexibility index (Phi) is 10.7. The number of esters is 1. The molecule has 4 aromatic carbocycles. The molecule has 236 valence electrons. The Morgan fingerprint density at radius 3 is 2.33 bits per heavy atom. The maximum atomic E-state index is 14.1. The fourth-order valence-electron chi connectivity index (χ4n) is 5.69. The molecular weight excluding hydrogens is 574 g/mol. The van der Waals surface area contributed by atoms with Crippen LogP contribution in [-0.4, -0.2) is 35.4 Å². The summed E-state index contributed by atoms with van der Waals surface area (Å²) in [6.07, 6.45) is 3.77. The Balaban J connectivity index is 1.44. The van der Waals surface area contributed by atoms with Crippen LogP contribution in [0, 0.1) is 5.92 Å². The van der Waals surface area contributed by atoms with Crippen LogP contribution in [0.25, 0.3) is 10.9 Å². The summed E-state index contributed by atoms with van der Waals surface area (Å²) >= 11 is 0. The fourth-order valence-corrected chi connectivity index (χ4v) is 5.69. The maximum Gasteiger partial charge on any atom is 0.305 e. The number of aromatic nitrogens is 1. The first-order chi connectivity index (χ1) is 22.3. The molecule has 0 saturated carbocycles. The highest BCUT2D eigenvalue weighted by atomic mass is 16.5. The van der Waals surface area contributed by atoms with Crippen molar-refractivity contribution < 1.29 is 19.1 Å². The van der Waals surface area contributed by atoms with Crippen LogP contribution in [0.1, 0.15) is 55.1 Å². The Morgan fingerprint density at radius 2 is 1.59 bits per heavy atom. The normalized spacial score (nSPS) is 11.0. The van der Waals surface area contributed by atoms with Gasteiger partial charge in [-0.25, -0.2) is 0 Å². The van der Waals surface area contributed by atoms with Gasteiger partial charge in [-0.2, -0.15) is 0 Å². The molecule has 1 N–H and O–H groups in total. The van der Waals surface area contributed by atoms with Crippen molar-refractivity contribution in [1.82, 2.24) is 4.57 Å². The topological polar surface area (TPSA) is 80.6 Å². The zero-order valence-electron chi connectivity index (χ0n) is 26.7. The highest BCUT2D eigenvalue weighted by Gasteiger charge is 2.20. The lowest BCUT2D eigenvalue weighted by Crippen LogP contribution is -2.30. The van der Waals surface area contributed by atoms with E-state index in [-0.39, 0.29) is 24.2 Å². The van der Waals surface area contributed by atoms with Crippen LogP contribution in [-0.2, 0) is 27.3 Å². The average Bonchev–Trinajstić information content (AvgIpc) is 3.42. The molecule has 5 rings (SSSR count). The van der Waals surface area contributed by atoms with E-state index in [1.165, 1.54) is 5.56 Å². The van der Waals surface area contributed by atoms with Crippen LogP contribution in [0.2, 0.25) is 0 Å². The second kappa shape index (κ2) is 15.2. The summed E-state index contributed by atoms with van der Waals surface area (Å²) in [5, 5.41) is 3.84. The molecule has 1 amide bonds. The van der Waals surface area contributed by atoms with Gasteiger partial charge in [0.05, 0.1) is 6.61 Å². The van der Waals surface area contributed by atoms with Crippen molar-refractivity contribution in [2.75, 3.05) is 23.4 Å². The largest absolute Gasteiger partial charge is 0.466 e. The summed E-state index contributed by atoms with van der Waals surface area (Å²) in [6, 6.07) is 32.9. The van der Waals surface area contributed by atoms with E-state index in [0.29, 0.717) is 43.0 Å². The van der Waals surface area contributed by atoms with Crippen LogP contribution in [0.4, 0.5) is 17.1 Å². The average molecular weight is 616 g/mol. The standard InChI is InChI=1S/C39H41N3O4/c1-4-46-38(44)18-11-23-41-26-35(34-16-8-9-17-36(34)41)39(45)30-12-10-15-33(25-30)42(27-37(43)40-31-13-6-5-7-14-31)32-21-19-29(20-22-32)24-28(2)3/h5-10,12-17,19-22,25-26,28H,4,11,18,23-24,27H2,1-3H3,(H,40,43). The summed E-state index contributed by atoms with van der Waals surface area (Å²) in [5.41, 5.74) is 5.61. The third-order valence-electron chi connectivity index (χ3n) is 7.79. The molecule has 0 spiro atoms. The van der Waals surface area contributed by atoms with Crippen LogP contribution in [0.5, 0.6) is 0 Å². The number of hydrogen-bond acceptors (Lipinski definition) is 5. The highest BCUT2D eigenvalue weighted by Crippen LogP contribution is 2.30. The molecule has 0 radical (unpaired) electrons. The van der Waals surface area contributed by atoms with E-state index < -0.39 is 0 Å². The van der Waals surface area contributed by atoms with Crippen LogP contribution < -0.4 is 10.2 Å². The van der Waals surface area contributed by atoms with Gasteiger partial charge in [0.15, 0.2) is 5.78 Å². The molecule has 0 atom stereocenters. The van der Waals surface area contributed by atoms with Crippen molar-refractivity contribution in [1.29, 1.82) is 0 Å². The van der Waals surface area contributed by atoms with Crippen molar-refractivity contribution in [2.24, 2.45) is 5.92 Å². The second-order valence-corrected chi connectivity index (χ2v) is 11.8. The number of ketones is 1. The number of nitrogens with one attached hydrogen (secondary N) is 1. The Labute approximate surface area is 270 Å². The fraction of sp³-hybridized carbons (Fsp3) is 0.256. The number of anilines is 3. The van der Waals surface area contributed by atoms with Crippen LogP contribution in [0.15, 0.2) is 109 Å². The molecule has 0 aliphatic carbocycles. The predicted octanol–water partition coefficient (Wildman–Crippen LogP) is 8.19. The van der Waals surface area contributed by atoms with Crippen molar-refractivity contribution >= 4 is 45.6 Å². The molecule has 46 heavy (non-hydrogen) atoms. The molecule has 0 unspecified atom stereocenters. The molecule has 0 aliphatic heterocycles. The number of fused-ring (bicyclic) bond motifs is 1. The lowest BCUT2D eigenvalue weighted by atomic mass is 10.0. The molecule has 0 bridgehead atoms. The SMILES string of the molecule is CCOC(=O)CCCn1cc(C(=O)c2cccc(N(CC(=O)Nc3ccccc3)c3ccc(CC(C)C)cc3)c2)c2ccccc21. The van der Waals surface area contributed by atoms with Crippen molar-refractivity contribution in [2.45, 2.75) is 46.6 Å². The van der Waals surface area contributed by atoms with Gasteiger partial charge >= 0.3 is 5.97 Å². The van der Waals surface area contributed by atoms with E-state index in [4.69, 9.17) is 4.74 Å². The monoisotopic (exact) mass is 615 g/mol.